The van der Waals surface area contributed by atoms with Crippen molar-refractivity contribution in [1.29, 1.82) is 0 Å². The van der Waals surface area contributed by atoms with Crippen LogP contribution in [0, 0.1) is 22.7 Å². The van der Waals surface area contributed by atoms with E-state index in [2.05, 4.69) is 26.8 Å². The zero-order valence-corrected chi connectivity index (χ0v) is 19.9. The normalized spacial score (nSPS) is 36.3. The lowest BCUT2D eigenvalue weighted by molar-refractivity contribution is -0.142. The Kier molecular flexibility index (Phi) is 5.77. The highest BCUT2D eigenvalue weighted by atomic mass is 16.6. The van der Waals surface area contributed by atoms with E-state index in [-0.39, 0.29) is 23.2 Å². The number of ether oxygens (including phenoxy) is 2. The molecule has 1 aliphatic heterocycles. The lowest BCUT2D eigenvalue weighted by atomic mass is 9.52. The average molecular weight is 441 g/mol. The molecule has 1 aromatic rings. The number of carbonyl (C=O) groups excluding carboxylic acids is 2. The second-order valence-electron chi connectivity index (χ2n) is 11.2. The molecule has 0 spiro atoms. The Balaban J connectivity index is 1.76. The van der Waals surface area contributed by atoms with Crippen molar-refractivity contribution in [2.75, 3.05) is 0 Å². The van der Waals surface area contributed by atoms with E-state index in [0.717, 1.165) is 24.8 Å². The lowest BCUT2D eigenvalue weighted by Crippen LogP contribution is -2.52. The molecule has 4 rings (SSSR count). The van der Waals surface area contributed by atoms with Gasteiger partial charge in [0.1, 0.15) is 11.7 Å². The van der Waals surface area contributed by atoms with E-state index in [1.807, 2.05) is 32.0 Å². The fourth-order valence-corrected chi connectivity index (χ4v) is 6.35. The predicted octanol–water partition coefficient (Wildman–Crippen LogP) is 5.08. The predicted molar refractivity (Wildman–Crippen MR) is 122 cm³/mol. The third-order valence-corrected chi connectivity index (χ3v) is 8.29. The average Bonchev–Trinajstić information content (AvgIpc) is 3.04. The molecule has 32 heavy (non-hydrogen) atoms. The van der Waals surface area contributed by atoms with Crippen LogP contribution < -0.4 is 0 Å². The van der Waals surface area contributed by atoms with Gasteiger partial charge in [0, 0.05) is 5.57 Å². The number of fused-ring (bicyclic) bond motifs is 1. The number of cyclic esters (lactones) is 1. The van der Waals surface area contributed by atoms with Gasteiger partial charge in [0.15, 0.2) is 6.10 Å². The van der Waals surface area contributed by atoms with Crippen LogP contribution in [0.1, 0.15) is 77.1 Å². The molecule has 5 heteroatoms. The third-order valence-electron chi connectivity index (χ3n) is 8.29. The number of carbonyl (C=O) groups is 2. The van der Waals surface area contributed by atoms with Gasteiger partial charge in [-0.3, -0.25) is 4.79 Å². The van der Waals surface area contributed by atoms with Crippen molar-refractivity contribution < 1.29 is 24.2 Å². The Labute approximate surface area is 191 Å². The molecule has 174 valence electrons. The van der Waals surface area contributed by atoms with Crippen LogP contribution in [-0.4, -0.2) is 34.9 Å². The van der Waals surface area contributed by atoms with Gasteiger partial charge < -0.3 is 14.6 Å². The molecule has 3 aliphatic rings. The summed E-state index contributed by atoms with van der Waals surface area (Å²) in [5.41, 5.74) is -0.0705. The molecule has 1 heterocycles. The Morgan fingerprint density at radius 3 is 2.50 bits per heavy atom. The van der Waals surface area contributed by atoms with Crippen molar-refractivity contribution in [2.45, 2.75) is 84.5 Å². The van der Waals surface area contributed by atoms with Crippen LogP contribution in [0.15, 0.2) is 42.0 Å². The van der Waals surface area contributed by atoms with E-state index in [4.69, 9.17) is 9.47 Å². The van der Waals surface area contributed by atoms with Gasteiger partial charge in [0.2, 0.25) is 0 Å². The largest absolute Gasteiger partial charge is 0.454 e. The fourth-order valence-electron chi connectivity index (χ4n) is 6.35. The number of hydrogen-bond donors (Lipinski definition) is 1. The summed E-state index contributed by atoms with van der Waals surface area (Å²) in [4.78, 5) is 25.3. The maximum absolute atomic E-state index is 13.0. The van der Waals surface area contributed by atoms with Gasteiger partial charge in [-0.2, -0.15) is 0 Å². The summed E-state index contributed by atoms with van der Waals surface area (Å²) in [5, 5.41) is 11.5. The highest BCUT2D eigenvalue weighted by molar-refractivity contribution is 5.89. The van der Waals surface area contributed by atoms with Gasteiger partial charge in [-0.15, -0.1) is 0 Å². The smallest absolute Gasteiger partial charge is 0.338 e. The van der Waals surface area contributed by atoms with Crippen LogP contribution >= 0.6 is 0 Å². The fraction of sp³-hybridized carbons (Fsp3) is 0.630. The number of hydrogen-bond acceptors (Lipinski definition) is 5. The van der Waals surface area contributed by atoms with Gasteiger partial charge >= 0.3 is 11.9 Å². The van der Waals surface area contributed by atoms with Gasteiger partial charge in [-0.1, -0.05) is 65.3 Å². The molecular formula is C27H36O5. The first-order valence-electron chi connectivity index (χ1n) is 11.9. The molecule has 0 unspecified atom stereocenters. The zero-order valence-electron chi connectivity index (χ0n) is 19.9. The topological polar surface area (TPSA) is 72.8 Å². The third kappa shape index (κ3) is 3.89. The molecule has 0 bridgehead atoms. The van der Waals surface area contributed by atoms with Crippen molar-refractivity contribution in [1.82, 2.24) is 0 Å². The van der Waals surface area contributed by atoms with E-state index in [9.17, 15) is 14.7 Å². The van der Waals surface area contributed by atoms with E-state index >= 15 is 0 Å². The van der Waals surface area contributed by atoms with Crippen molar-refractivity contribution in [2.24, 2.45) is 22.7 Å². The standard InChI is InChI=1S/C27H36O5/c1-17(2)27(30)16-22(28)32-23(27)19-15-26(5)13-9-12-25(3,4)21(26)14-20(19)31-24(29)18-10-7-6-8-11-18/h6-8,10-11,15,17,20-21,23,30H,9,12-14,16H2,1-5H3/t20-,21+,23+,26-,27+/m1/s1. The second-order valence-corrected chi connectivity index (χ2v) is 11.2. The molecule has 0 aromatic heterocycles. The monoisotopic (exact) mass is 440 g/mol. The van der Waals surface area contributed by atoms with Gasteiger partial charge in [0.05, 0.1) is 12.0 Å². The van der Waals surface area contributed by atoms with E-state index in [1.54, 1.807) is 12.1 Å². The summed E-state index contributed by atoms with van der Waals surface area (Å²) in [6.07, 6.45) is 4.74. The van der Waals surface area contributed by atoms with Crippen LogP contribution in [0.2, 0.25) is 0 Å². The number of rotatable bonds is 4. The molecule has 1 aromatic carbocycles. The summed E-state index contributed by atoms with van der Waals surface area (Å²) in [5.74, 6) is -0.656. The van der Waals surface area contributed by atoms with Crippen molar-refractivity contribution in [3.63, 3.8) is 0 Å². The molecule has 5 atom stereocenters. The number of benzene rings is 1. The molecule has 1 saturated carbocycles. The molecule has 5 nitrogen and oxygen atoms in total. The second kappa shape index (κ2) is 8.02. The first kappa shape index (κ1) is 23.0. The summed E-state index contributed by atoms with van der Waals surface area (Å²) in [6.45, 7) is 10.7. The van der Waals surface area contributed by atoms with Crippen LogP contribution in [0.5, 0.6) is 0 Å². The van der Waals surface area contributed by atoms with Crippen LogP contribution in [0.25, 0.3) is 0 Å². The maximum Gasteiger partial charge on any atom is 0.338 e. The minimum Gasteiger partial charge on any atom is -0.454 e. The Morgan fingerprint density at radius 2 is 1.84 bits per heavy atom. The molecule has 0 radical (unpaired) electrons. The Hall–Kier alpha value is -2.14. The lowest BCUT2D eigenvalue weighted by Gasteiger charge is -2.54. The van der Waals surface area contributed by atoms with E-state index < -0.39 is 29.7 Å². The number of aliphatic hydroxyl groups is 1. The van der Waals surface area contributed by atoms with Crippen molar-refractivity contribution >= 4 is 11.9 Å². The zero-order chi connectivity index (χ0) is 23.3. The molecule has 2 fully saturated rings. The molecule has 1 N–H and O–H groups in total. The van der Waals surface area contributed by atoms with Crippen LogP contribution in [-0.2, 0) is 14.3 Å². The van der Waals surface area contributed by atoms with Crippen molar-refractivity contribution in [3.8, 4) is 0 Å². The summed E-state index contributed by atoms with van der Waals surface area (Å²) < 4.78 is 11.8. The summed E-state index contributed by atoms with van der Waals surface area (Å²) >= 11 is 0. The first-order valence-corrected chi connectivity index (χ1v) is 11.9. The minimum absolute atomic E-state index is 0.0440. The molecular weight excluding hydrogens is 404 g/mol. The van der Waals surface area contributed by atoms with Crippen LogP contribution in [0.4, 0.5) is 0 Å². The summed E-state index contributed by atoms with van der Waals surface area (Å²) in [7, 11) is 0. The van der Waals surface area contributed by atoms with E-state index in [0.29, 0.717) is 17.9 Å². The minimum atomic E-state index is -1.31. The van der Waals surface area contributed by atoms with Crippen LogP contribution in [0.3, 0.4) is 0 Å². The Bertz CT molecular complexity index is 917. The highest BCUT2D eigenvalue weighted by Crippen LogP contribution is 2.58. The van der Waals surface area contributed by atoms with Gasteiger partial charge in [0.25, 0.3) is 0 Å². The number of allylic oxidation sites excluding steroid dienone is 1. The molecule has 1 saturated heterocycles. The van der Waals surface area contributed by atoms with E-state index in [1.165, 1.54) is 0 Å². The first-order chi connectivity index (χ1) is 15.0. The highest BCUT2D eigenvalue weighted by Gasteiger charge is 2.57. The Morgan fingerprint density at radius 1 is 1.16 bits per heavy atom. The maximum atomic E-state index is 13.0. The molecule has 0 amide bonds. The van der Waals surface area contributed by atoms with Gasteiger partial charge in [-0.05, 0) is 54.1 Å². The van der Waals surface area contributed by atoms with Gasteiger partial charge in [-0.25, -0.2) is 4.79 Å². The SMILES string of the molecule is CC(C)[C@@]1(O)CC(=O)O[C@H]1C1=C[C@@]2(C)CCCC(C)(C)[C@@H]2C[C@H]1OC(=O)c1ccccc1. The van der Waals surface area contributed by atoms with Crippen molar-refractivity contribution in [3.05, 3.63) is 47.5 Å². The molecule has 2 aliphatic carbocycles. The quantitative estimate of drug-likeness (QED) is 0.522. The summed E-state index contributed by atoms with van der Waals surface area (Å²) in [6, 6.07) is 8.96. The number of esters is 2.